The molecule has 1 aliphatic carbocycles. The van der Waals surface area contributed by atoms with Crippen LogP contribution < -0.4 is 4.74 Å². The Balaban J connectivity index is 2.30. The lowest BCUT2D eigenvalue weighted by molar-refractivity contribution is -0.119. The molecule has 1 atom stereocenters. The summed E-state index contributed by atoms with van der Waals surface area (Å²) in [6.07, 6.45) is 5.48. The van der Waals surface area contributed by atoms with Gasteiger partial charge in [0.25, 0.3) is 0 Å². The maximum absolute atomic E-state index is 12.3. The van der Waals surface area contributed by atoms with E-state index in [1.54, 1.807) is 6.08 Å². The van der Waals surface area contributed by atoms with Crippen LogP contribution in [0, 0.1) is 6.92 Å². The maximum atomic E-state index is 12.3. The molecular weight excluding hydrogens is 212 g/mol. The number of fused-ring (bicyclic) bond motifs is 2. The number of hydrogen-bond acceptors (Lipinski definition) is 2. The van der Waals surface area contributed by atoms with Gasteiger partial charge >= 0.3 is 0 Å². The van der Waals surface area contributed by atoms with E-state index in [4.69, 9.17) is 4.74 Å². The number of ether oxygens (including phenoxy) is 1. The third kappa shape index (κ3) is 1.18. The van der Waals surface area contributed by atoms with E-state index in [1.807, 2.05) is 44.2 Å². The molecule has 1 spiro atoms. The van der Waals surface area contributed by atoms with Crippen molar-refractivity contribution in [3.63, 3.8) is 0 Å². The molecular formula is C15H14O2. The third-order valence-corrected chi connectivity index (χ3v) is 3.79. The first kappa shape index (κ1) is 10.3. The van der Waals surface area contributed by atoms with E-state index in [1.165, 1.54) is 0 Å². The van der Waals surface area contributed by atoms with Crippen molar-refractivity contribution in [1.82, 2.24) is 0 Å². The van der Waals surface area contributed by atoms with E-state index in [-0.39, 0.29) is 5.78 Å². The molecule has 0 saturated carbocycles. The van der Waals surface area contributed by atoms with E-state index in [9.17, 15) is 4.79 Å². The highest BCUT2D eigenvalue weighted by atomic mass is 16.5. The van der Waals surface area contributed by atoms with Gasteiger partial charge in [0.2, 0.25) is 0 Å². The predicted molar refractivity (Wildman–Crippen MR) is 66.3 cm³/mol. The van der Waals surface area contributed by atoms with Crippen LogP contribution >= 0.6 is 0 Å². The Kier molecular flexibility index (Phi) is 2.02. The van der Waals surface area contributed by atoms with Crippen LogP contribution in [0.15, 0.2) is 42.0 Å². The molecule has 0 unspecified atom stereocenters. The van der Waals surface area contributed by atoms with Gasteiger partial charge in [-0.05, 0) is 31.6 Å². The van der Waals surface area contributed by atoms with E-state index < -0.39 is 5.41 Å². The lowest BCUT2D eigenvalue weighted by atomic mass is 9.69. The second kappa shape index (κ2) is 3.33. The van der Waals surface area contributed by atoms with Crippen molar-refractivity contribution in [2.24, 2.45) is 0 Å². The summed E-state index contributed by atoms with van der Waals surface area (Å²) in [5, 5.41) is 0. The second-order valence-corrected chi connectivity index (χ2v) is 4.72. The zero-order valence-electron chi connectivity index (χ0n) is 9.99. The SMILES string of the molecule is CC1=CC=CC(=O)[C@]12COc1cccc(C)c12. The van der Waals surface area contributed by atoms with Crippen LogP contribution in [-0.4, -0.2) is 12.4 Å². The van der Waals surface area contributed by atoms with Gasteiger partial charge in [0, 0.05) is 5.56 Å². The number of allylic oxidation sites excluding steroid dienone is 3. The highest BCUT2D eigenvalue weighted by Gasteiger charge is 2.48. The standard InChI is InChI=1S/C15H14O2/c1-10-5-3-7-12-14(10)15(9-17-12)11(2)6-4-8-13(15)16/h3-8H,9H2,1-2H3/t15-/m0/s1. The van der Waals surface area contributed by atoms with Gasteiger partial charge in [-0.15, -0.1) is 0 Å². The highest BCUT2D eigenvalue weighted by molar-refractivity contribution is 6.04. The summed E-state index contributed by atoms with van der Waals surface area (Å²) in [6.45, 7) is 4.47. The van der Waals surface area contributed by atoms with Crippen molar-refractivity contribution >= 4 is 5.78 Å². The summed E-state index contributed by atoms with van der Waals surface area (Å²) in [7, 11) is 0. The normalized spacial score (nSPS) is 25.8. The summed E-state index contributed by atoms with van der Waals surface area (Å²) in [5.41, 5.74) is 2.66. The van der Waals surface area contributed by atoms with E-state index >= 15 is 0 Å². The van der Waals surface area contributed by atoms with Gasteiger partial charge < -0.3 is 4.74 Å². The lowest BCUT2D eigenvalue weighted by Gasteiger charge is -2.29. The number of aryl methyl sites for hydroxylation is 1. The number of ketones is 1. The molecule has 0 bridgehead atoms. The molecule has 17 heavy (non-hydrogen) atoms. The third-order valence-electron chi connectivity index (χ3n) is 3.79. The first-order chi connectivity index (χ1) is 8.16. The second-order valence-electron chi connectivity index (χ2n) is 4.72. The van der Waals surface area contributed by atoms with E-state index in [0.29, 0.717) is 6.61 Å². The molecule has 0 fully saturated rings. The van der Waals surface area contributed by atoms with Gasteiger partial charge in [0.1, 0.15) is 17.8 Å². The van der Waals surface area contributed by atoms with Gasteiger partial charge in [-0.1, -0.05) is 29.9 Å². The summed E-state index contributed by atoms with van der Waals surface area (Å²) >= 11 is 0. The average Bonchev–Trinajstić information content (AvgIpc) is 2.69. The largest absolute Gasteiger partial charge is 0.491 e. The molecule has 0 saturated heterocycles. The van der Waals surface area contributed by atoms with Crippen LogP contribution in [0.5, 0.6) is 5.75 Å². The van der Waals surface area contributed by atoms with Crippen LogP contribution in [0.3, 0.4) is 0 Å². The molecule has 1 aromatic rings. The average molecular weight is 226 g/mol. The lowest BCUT2D eigenvalue weighted by Crippen LogP contribution is -2.39. The van der Waals surface area contributed by atoms with Crippen molar-refractivity contribution in [2.45, 2.75) is 19.3 Å². The minimum Gasteiger partial charge on any atom is -0.491 e. The van der Waals surface area contributed by atoms with Crippen molar-refractivity contribution in [3.05, 3.63) is 53.1 Å². The Morgan fingerprint density at radius 1 is 1.29 bits per heavy atom. The van der Waals surface area contributed by atoms with Gasteiger partial charge in [-0.25, -0.2) is 0 Å². The molecule has 2 heteroatoms. The van der Waals surface area contributed by atoms with Crippen LogP contribution in [0.4, 0.5) is 0 Å². The molecule has 0 amide bonds. The maximum Gasteiger partial charge on any atom is 0.173 e. The van der Waals surface area contributed by atoms with Crippen LogP contribution in [0.1, 0.15) is 18.1 Å². The molecule has 1 heterocycles. The van der Waals surface area contributed by atoms with Crippen molar-refractivity contribution in [3.8, 4) is 5.75 Å². The Morgan fingerprint density at radius 2 is 2.12 bits per heavy atom. The molecule has 86 valence electrons. The fraction of sp³-hybridized carbons (Fsp3) is 0.267. The molecule has 1 aromatic carbocycles. The monoisotopic (exact) mass is 226 g/mol. The Morgan fingerprint density at radius 3 is 2.88 bits per heavy atom. The molecule has 0 aromatic heterocycles. The summed E-state index contributed by atoms with van der Waals surface area (Å²) < 4.78 is 5.72. The van der Waals surface area contributed by atoms with Crippen LogP contribution in [-0.2, 0) is 10.2 Å². The zero-order valence-corrected chi connectivity index (χ0v) is 9.99. The quantitative estimate of drug-likeness (QED) is 0.680. The summed E-state index contributed by atoms with van der Waals surface area (Å²) in [4.78, 5) is 12.3. The first-order valence-electron chi connectivity index (χ1n) is 5.79. The van der Waals surface area contributed by atoms with Crippen molar-refractivity contribution in [2.75, 3.05) is 6.61 Å². The number of hydrogen-bond donors (Lipinski definition) is 0. The molecule has 0 N–H and O–H groups in total. The molecule has 0 radical (unpaired) electrons. The minimum absolute atomic E-state index is 0.130. The molecule has 1 aliphatic heterocycles. The van der Waals surface area contributed by atoms with Gasteiger partial charge in [-0.2, -0.15) is 0 Å². The molecule has 2 aliphatic rings. The number of carbonyl (C=O) groups is 1. The number of benzene rings is 1. The number of carbonyl (C=O) groups excluding carboxylic acids is 1. The molecule has 2 nitrogen and oxygen atoms in total. The number of rotatable bonds is 0. The Labute approximate surface area is 101 Å². The van der Waals surface area contributed by atoms with Gasteiger partial charge in [-0.3, -0.25) is 4.79 Å². The molecule has 3 rings (SSSR count). The fourth-order valence-electron chi connectivity index (χ4n) is 2.83. The predicted octanol–water partition coefficient (Wildman–Crippen LogP) is 2.71. The Bertz CT molecular complexity index is 566. The smallest absolute Gasteiger partial charge is 0.173 e. The highest BCUT2D eigenvalue weighted by Crippen LogP contribution is 2.47. The van der Waals surface area contributed by atoms with Crippen LogP contribution in [0.2, 0.25) is 0 Å². The Hall–Kier alpha value is -1.83. The minimum atomic E-state index is -0.574. The van der Waals surface area contributed by atoms with Crippen LogP contribution in [0.25, 0.3) is 0 Å². The van der Waals surface area contributed by atoms with Crippen molar-refractivity contribution < 1.29 is 9.53 Å². The first-order valence-corrected chi connectivity index (χ1v) is 5.79. The van der Waals surface area contributed by atoms with Crippen molar-refractivity contribution in [1.29, 1.82) is 0 Å². The van der Waals surface area contributed by atoms with E-state index in [2.05, 4.69) is 0 Å². The topological polar surface area (TPSA) is 26.3 Å². The fourth-order valence-corrected chi connectivity index (χ4v) is 2.83. The zero-order chi connectivity index (χ0) is 12.0. The van der Waals surface area contributed by atoms with E-state index in [0.717, 1.165) is 22.4 Å². The summed E-state index contributed by atoms with van der Waals surface area (Å²) in [6, 6.07) is 5.94. The van der Waals surface area contributed by atoms with Gasteiger partial charge in [0.05, 0.1) is 0 Å². The summed E-state index contributed by atoms with van der Waals surface area (Å²) in [5.74, 6) is 0.979. The van der Waals surface area contributed by atoms with Gasteiger partial charge in [0.15, 0.2) is 5.78 Å².